The minimum absolute atomic E-state index is 0.759. The lowest BCUT2D eigenvalue weighted by Crippen LogP contribution is -2.32. The monoisotopic (exact) mass is 314 g/mol. The van der Waals surface area contributed by atoms with Crippen molar-refractivity contribution in [1.29, 1.82) is 0 Å². The Labute approximate surface area is 132 Å². The van der Waals surface area contributed by atoms with E-state index in [0.29, 0.717) is 0 Å². The summed E-state index contributed by atoms with van der Waals surface area (Å²) in [5.74, 6) is 0. The predicted molar refractivity (Wildman–Crippen MR) is 87.9 cm³/mol. The topological polar surface area (TPSA) is 15.3 Å². The molecular weight excluding hydrogens is 291 g/mol. The van der Waals surface area contributed by atoms with Crippen molar-refractivity contribution >= 4 is 23.2 Å². The minimum atomic E-state index is 0.759. The Hall–Kier alpha value is -0.280. The summed E-state index contributed by atoms with van der Waals surface area (Å²) in [6.07, 6.45) is 6.32. The van der Waals surface area contributed by atoms with Gasteiger partial charge in [0.15, 0.2) is 0 Å². The van der Waals surface area contributed by atoms with Crippen molar-refractivity contribution in [2.24, 2.45) is 0 Å². The highest BCUT2D eigenvalue weighted by Crippen LogP contribution is 2.20. The van der Waals surface area contributed by atoms with Crippen LogP contribution >= 0.6 is 23.2 Å². The van der Waals surface area contributed by atoms with E-state index in [1.807, 2.05) is 18.2 Å². The maximum absolute atomic E-state index is 6.14. The van der Waals surface area contributed by atoms with E-state index < -0.39 is 0 Å². The quantitative estimate of drug-likeness (QED) is 0.765. The summed E-state index contributed by atoms with van der Waals surface area (Å²) >= 11 is 12.1. The van der Waals surface area contributed by atoms with Crippen LogP contribution < -0.4 is 5.32 Å². The molecule has 0 spiro atoms. The predicted octanol–water partition coefficient (Wildman–Crippen LogP) is 4.00. The molecule has 1 aliphatic rings. The summed E-state index contributed by atoms with van der Waals surface area (Å²) in [6, 6.07) is 5.66. The zero-order valence-corrected chi connectivity index (χ0v) is 13.5. The van der Waals surface area contributed by atoms with Crippen LogP contribution in [0.3, 0.4) is 0 Å². The van der Waals surface area contributed by atoms with Gasteiger partial charge in [-0.2, -0.15) is 0 Å². The van der Waals surface area contributed by atoms with E-state index in [9.17, 15) is 0 Å². The minimum Gasteiger partial charge on any atom is -0.316 e. The third-order valence-corrected chi connectivity index (χ3v) is 4.46. The number of piperidine rings is 1. The number of halogens is 2. The fourth-order valence-electron chi connectivity index (χ4n) is 2.69. The van der Waals surface area contributed by atoms with Crippen molar-refractivity contribution in [3.05, 3.63) is 33.8 Å². The van der Waals surface area contributed by atoms with E-state index in [-0.39, 0.29) is 0 Å². The molecule has 2 nitrogen and oxygen atoms in total. The number of benzene rings is 1. The zero-order chi connectivity index (χ0) is 14.2. The highest BCUT2D eigenvalue weighted by atomic mass is 35.5. The second kappa shape index (κ2) is 8.89. The lowest BCUT2D eigenvalue weighted by Gasteiger charge is -2.26. The van der Waals surface area contributed by atoms with Gasteiger partial charge >= 0.3 is 0 Å². The summed E-state index contributed by atoms with van der Waals surface area (Å²) in [5, 5.41) is 5.06. The van der Waals surface area contributed by atoms with Crippen LogP contribution in [0.15, 0.2) is 18.2 Å². The maximum Gasteiger partial charge on any atom is 0.0439 e. The molecule has 2 rings (SSSR count). The number of likely N-dealkylation sites (tertiary alicyclic amines) is 1. The molecule has 0 amide bonds. The number of nitrogens with one attached hydrogen (secondary N) is 1. The molecule has 0 radical (unpaired) electrons. The Bertz CT molecular complexity index is 403. The first-order chi connectivity index (χ1) is 9.75. The molecule has 1 aromatic carbocycles. The number of rotatable bonds is 7. The molecule has 1 fully saturated rings. The van der Waals surface area contributed by atoms with E-state index in [2.05, 4.69) is 10.2 Å². The zero-order valence-electron chi connectivity index (χ0n) is 12.0. The van der Waals surface area contributed by atoms with Gasteiger partial charge in [0.05, 0.1) is 0 Å². The van der Waals surface area contributed by atoms with E-state index >= 15 is 0 Å². The fraction of sp³-hybridized carbons (Fsp3) is 0.625. The summed E-state index contributed by atoms with van der Waals surface area (Å²) in [7, 11) is 0. The van der Waals surface area contributed by atoms with Gasteiger partial charge in [0.2, 0.25) is 0 Å². The van der Waals surface area contributed by atoms with Crippen molar-refractivity contribution in [2.45, 2.75) is 32.1 Å². The lowest BCUT2D eigenvalue weighted by molar-refractivity contribution is 0.226. The second-order valence-electron chi connectivity index (χ2n) is 5.49. The van der Waals surface area contributed by atoms with Gasteiger partial charge in [-0.3, -0.25) is 0 Å². The number of hydrogen-bond donors (Lipinski definition) is 1. The van der Waals surface area contributed by atoms with Crippen molar-refractivity contribution in [1.82, 2.24) is 10.2 Å². The highest BCUT2D eigenvalue weighted by Gasteiger charge is 2.08. The van der Waals surface area contributed by atoms with Gasteiger partial charge in [-0.05, 0) is 82.2 Å². The van der Waals surface area contributed by atoms with Crippen LogP contribution in [0.2, 0.25) is 10.0 Å². The van der Waals surface area contributed by atoms with E-state index in [0.717, 1.165) is 35.1 Å². The normalized spacial score (nSPS) is 16.5. The second-order valence-corrected chi connectivity index (χ2v) is 6.34. The van der Waals surface area contributed by atoms with E-state index in [4.69, 9.17) is 23.2 Å². The van der Waals surface area contributed by atoms with Gasteiger partial charge in [0.25, 0.3) is 0 Å². The summed E-state index contributed by atoms with van der Waals surface area (Å²) in [5.41, 5.74) is 1.13. The SMILES string of the molecule is Clc1ccc(Cl)c(CCNCCCN2CCCCC2)c1. The van der Waals surface area contributed by atoms with Crippen molar-refractivity contribution in [2.75, 3.05) is 32.7 Å². The molecule has 1 aliphatic heterocycles. The Kier molecular flexibility index (Phi) is 7.15. The molecule has 1 saturated heterocycles. The molecular formula is C16H24Cl2N2. The molecule has 1 N–H and O–H groups in total. The average molecular weight is 315 g/mol. The van der Waals surface area contributed by atoms with Gasteiger partial charge in [-0.15, -0.1) is 0 Å². The first-order valence-corrected chi connectivity index (χ1v) is 8.38. The van der Waals surface area contributed by atoms with Crippen LogP contribution in [0.5, 0.6) is 0 Å². The summed E-state index contributed by atoms with van der Waals surface area (Å²) in [4.78, 5) is 2.58. The maximum atomic E-state index is 6.14. The van der Waals surface area contributed by atoms with Crippen LogP contribution in [0.25, 0.3) is 0 Å². The molecule has 4 heteroatoms. The van der Waals surface area contributed by atoms with Crippen LogP contribution in [0.4, 0.5) is 0 Å². The van der Waals surface area contributed by atoms with Crippen LogP contribution in [0.1, 0.15) is 31.2 Å². The van der Waals surface area contributed by atoms with Gasteiger partial charge in [-0.1, -0.05) is 29.6 Å². The Balaban J connectivity index is 1.56. The molecule has 0 aromatic heterocycles. The molecule has 0 aliphatic carbocycles. The Morgan fingerprint density at radius 3 is 2.65 bits per heavy atom. The molecule has 1 heterocycles. The van der Waals surface area contributed by atoms with Gasteiger partial charge < -0.3 is 10.2 Å². The van der Waals surface area contributed by atoms with E-state index in [1.54, 1.807) is 0 Å². The lowest BCUT2D eigenvalue weighted by atomic mass is 10.1. The fourth-order valence-corrected chi connectivity index (χ4v) is 3.10. The Morgan fingerprint density at radius 2 is 1.85 bits per heavy atom. The average Bonchev–Trinajstić information content (AvgIpc) is 2.47. The standard InChI is InChI=1S/C16H24Cl2N2/c17-15-5-6-16(18)14(13-15)7-9-19-8-4-12-20-10-2-1-3-11-20/h5-6,13,19H,1-4,7-12H2. The van der Waals surface area contributed by atoms with Gasteiger partial charge in [0, 0.05) is 10.0 Å². The first-order valence-electron chi connectivity index (χ1n) is 7.63. The van der Waals surface area contributed by atoms with Crippen LogP contribution in [-0.2, 0) is 6.42 Å². The third-order valence-electron chi connectivity index (χ3n) is 3.86. The molecule has 20 heavy (non-hydrogen) atoms. The molecule has 0 bridgehead atoms. The summed E-state index contributed by atoms with van der Waals surface area (Å²) in [6.45, 7) is 5.84. The van der Waals surface area contributed by atoms with Gasteiger partial charge in [0.1, 0.15) is 0 Å². The highest BCUT2D eigenvalue weighted by molar-refractivity contribution is 6.33. The largest absolute Gasteiger partial charge is 0.316 e. The third kappa shape index (κ3) is 5.61. The molecule has 0 unspecified atom stereocenters. The van der Waals surface area contributed by atoms with E-state index in [1.165, 1.54) is 45.3 Å². The molecule has 0 atom stereocenters. The number of nitrogens with zero attached hydrogens (tertiary/aromatic N) is 1. The van der Waals surface area contributed by atoms with Crippen LogP contribution in [0, 0.1) is 0 Å². The van der Waals surface area contributed by atoms with Crippen molar-refractivity contribution in [3.63, 3.8) is 0 Å². The molecule has 112 valence electrons. The number of hydrogen-bond acceptors (Lipinski definition) is 2. The first kappa shape index (κ1) is 16.1. The van der Waals surface area contributed by atoms with Crippen LogP contribution in [-0.4, -0.2) is 37.6 Å². The molecule has 0 saturated carbocycles. The summed E-state index contributed by atoms with van der Waals surface area (Å²) < 4.78 is 0. The Morgan fingerprint density at radius 1 is 1.05 bits per heavy atom. The smallest absolute Gasteiger partial charge is 0.0439 e. The van der Waals surface area contributed by atoms with Crippen molar-refractivity contribution in [3.8, 4) is 0 Å². The van der Waals surface area contributed by atoms with Crippen molar-refractivity contribution < 1.29 is 0 Å². The molecule has 1 aromatic rings. The van der Waals surface area contributed by atoms with Gasteiger partial charge in [-0.25, -0.2) is 0 Å².